The van der Waals surface area contributed by atoms with E-state index in [9.17, 15) is 0 Å². The number of hydrogen-bond acceptors (Lipinski definition) is 7. The molecule has 0 spiro atoms. The third-order valence-electron chi connectivity index (χ3n) is 7.35. The Morgan fingerprint density at radius 3 is 2.42 bits per heavy atom. The molecule has 3 aromatic carbocycles. The molecule has 8 heteroatoms. The standard InChI is InChI=1S/C30H32N6O2/c1-22-8-6-9-23(2)28(22)36-30(31-32-33-36)29(25-13-14-26-27(20-25)38-21-37-26)35-18-16-34(17-19-35)15-7-12-24-10-4-3-5-11-24/h3-14,20,29H,15-19,21H2,1-2H3/b12-7+. The molecular formula is C30H32N6O2. The second kappa shape index (κ2) is 10.8. The van der Waals surface area contributed by atoms with E-state index in [4.69, 9.17) is 9.47 Å². The van der Waals surface area contributed by atoms with Crippen LogP contribution in [0.4, 0.5) is 0 Å². The van der Waals surface area contributed by atoms with Crippen molar-refractivity contribution in [1.82, 2.24) is 30.0 Å². The first kappa shape index (κ1) is 24.3. The summed E-state index contributed by atoms with van der Waals surface area (Å²) in [6.07, 6.45) is 4.45. The monoisotopic (exact) mass is 508 g/mol. The second-order valence-electron chi connectivity index (χ2n) is 9.85. The first-order chi connectivity index (χ1) is 18.7. The van der Waals surface area contributed by atoms with Gasteiger partial charge in [0.2, 0.25) is 6.79 Å². The van der Waals surface area contributed by atoms with E-state index in [0.29, 0.717) is 0 Å². The maximum atomic E-state index is 5.73. The summed E-state index contributed by atoms with van der Waals surface area (Å²) in [5.74, 6) is 2.35. The summed E-state index contributed by atoms with van der Waals surface area (Å²) < 4.78 is 13.2. The molecule has 2 aliphatic rings. The fourth-order valence-corrected chi connectivity index (χ4v) is 5.38. The number of aromatic nitrogens is 4. The summed E-state index contributed by atoms with van der Waals surface area (Å²) in [5, 5.41) is 13.2. The van der Waals surface area contributed by atoms with Crippen molar-refractivity contribution in [3.8, 4) is 17.2 Å². The van der Waals surface area contributed by atoms with Crippen molar-refractivity contribution >= 4 is 6.08 Å². The zero-order chi connectivity index (χ0) is 25.9. The Morgan fingerprint density at radius 2 is 1.63 bits per heavy atom. The van der Waals surface area contributed by atoms with Crippen LogP contribution in [0.5, 0.6) is 11.5 Å². The fourth-order valence-electron chi connectivity index (χ4n) is 5.38. The summed E-state index contributed by atoms with van der Waals surface area (Å²) >= 11 is 0. The van der Waals surface area contributed by atoms with Gasteiger partial charge in [0.05, 0.1) is 11.7 Å². The van der Waals surface area contributed by atoms with Crippen molar-refractivity contribution in [2.24, 2.45) is 0 Å². The van der Waals surface area contributed by atoms with Crippen LogP contribution in [0.1, 0.15) is 34.1 Å². The molecule has 3 heterocycles. The number of rotatable bonds is 7. The van der Waals surface area contributed by atoms with Crippen molar-refractivity contribution in [3.63, 3.8) is 0 Å². The molecule has 0 bridgehead atoms. The Balaban J connectivity index is 1.28. The van der Waals surface area contributed by atoms with Crippen LogP contribution in [0.2, 0.25) is 0 Å². The van der Waals surface area contributed by atoms with Crippen LogP contribution < -0.4 is 9.47 Å². The molecule has 6 rings (SSSR count). The highest BCUT2D eigenvalue weighted by molar-refractivity contribution is 5.50. The molecule has 1 saturated heterocycles. The number of fused-ring (bicyclic) bond motifs is 1. The van der Waals surface area contributed by atoms with Crippen LogP contribution in [-0.4, -0.2) is 69.5 Å². The van der Waals surface area contributed by atoms with Crippen LogP contribution in [0.3, 0.4) is 0 Å². The third kappa shape index (κ3) is 4.92. The van der Waals surface area contributed by atoms with Gasteiger partial charge in [-0.05, 0) is 58.7 Å². The number of hydrogen-bond donors (Lipinski definition) is 0. The van der Waals surface area contributed by atoms with Crippen LogP contribution in [-0.2, 0) is 0 Å². The van der Waals surface area contributed by atoms with E-state index in [2.05, 4.69) is 106 Å². The quantitative estimate of drug-likeness (QED) is 0.366. The molecule has 8 nitrogen and oxygen atoms in total. The van der Waals surface area contributed by atoms with E-state index < -0.39 is 0 Å². The van der Waals surface area contributed by atoms with Gasteiger partial charge in [-0.3, -0.25) is 9.80 Å². The van der Waals surface area contributed by atoms with Crippen LogP contribution in [0.15, 0.2) is 72.8 Å². The van der Waals surface area contributed by atoms with Gasteiger partial charge >= 0.3 is 0 Å². The number of piperazine rings is 1. The Morgan fingerprint density at radius 1 is 0.868 bits per heavy atom. The lowest BCUT2D eigenvalue weighted by atomic mass is 10.0. The van der Waals surface area contributed by atoms with E-state index in [1.54, 1.807) is 0 Å². The summed E-state index contributed by atoms with van der Waals surface area (Å²) in [6, 6.07) is 22.8. The van der Waals surface area contributed by atoms with Crippen molar-refractivity contribution in [2.45, 2.75) is 19.9 Å². The lowest BCUT2D eigenvalue weighted by molar-refractivity contribution is 0.113. The van der Waals surface area contributed by atoms with Crippen molar-refractivity contribution in [2.75, 3.05) is 39.5 Å². The molecule has 2 aliphatic heterocycles. The number of nitrogens with zero attached hydrogens (tertiary/aromatic N) is 6. The van der Waals surface area contributed by atoms with Gasteiger partial charge in [-0.15, -0.1) is 5.10 Å². The predicted molar refractivity (Wildman–Crippen MR) is 147 cm³/mol. The van der Waals surface area contributed by atoms with E-state index in [1.165, 1.54) is 5.56 Å². The molecule has 4 aromatic rings. The number of tetrazole rings is 1. The fraction of sp³-hybridized carbons (Fsp3) is 0.300. The van der Waals surface area contributed by atoms with E-state index in [1.807, 2.05) is 16.8 Å². The molecule has 1 unspecified atom stereocenters. The van der Waals surface area contributed by atoms with Gasteiger partial charge in [0, 0.05) is 32.7 Å². The summed E-state index contributed by atoms with van der Waals surface area (Å²) in [7, 11) is 0. The Bertz CT molecular complexity index is 1410. The van der Waals surface area contributed by atoms with Crippen molar-refractivity contribution in [3.05, 3.63) is 101 Å². The van der Waals surface area contributed by atoms with Gasteiger partial charge in [-0.1, -0.05) is 66.7 Å². The van der Waals surface area contributed by atoms with E-state index >= 15 is 0 Å². The van der Waals surface area contributed by atoms with Crippen LogP contribution in [0, 0.1) is 13.8 Å². The lowest BCUT2D eigenvalue weighted by Crippen LogP contribution is -2.48. The molecule has 0 radical (unpaired) electrons. The minimum absolute atomic E-state index is 0.125. The molecule has 1 fully saturated rings. The highest BCUT2D eigenvalue weighted by Gasteiger charge is 2.32. The second-order valence-corrected chi connectivity index (χ2v) is 9.85. The maximum Gasteiger partial charge on any atom is 0.231 e. The van der Waals surface area contributed by atoms with Gasteiger partial charge < -0.3 is 9.47 Å². The minimum Gasteiger partial charge on any atom is -0.454 e. The zero-order valence-corrected chi connectivity index (χ0v) is 21.8. The topological polar surface area (TPSA) is 68.5 Å². The smallest absolute Gasteiger partial charge is 0.231 e. The molecular weight excluding hydrogens is 476 g/mol. The molecule has 1 atom stereocenters. The number of ether oxygens (including phenoxy) is 2. The summed E-state index contributed by atoms with van der Waals surface area (Å²) in [4.78, 5) is 4.96. The molecule has 38 heavy (non-hydrogen) atoms. The third-order valence-corrected chi connectivity index (χ3v) is 7.35. The minimum atomic E-state index is -0.125. The zero-order valence-electron chi connectivity index (χ0n) is 21.8. The summed E-state index contributed by atoms with van der Waals surface area (Å²) in [5.41, 5.74) is 5.63. The normalized spacial score (nSPS) is 16.8. The maximum absolute atomic E-state index is 5.73. The summed E-state index contributed by atoms with van der Waals surface area (Å²) in [6.45, 7) is 9.11. The van der Waals surface area contributed by atoms with Gasteiger partial charge in [0.15, 0.2) is 17.3 Å². The average molecular weight is 509 g/mol. The first-order valence-corrected chi connectivity index (χ1v) is 13.1. The SMILES string of the molecule is Cc1cccc(C)c1-n1nnnc1C(c1ccc2c(c1)OCO2)N1CCN(C/C=C/c2ccccc2)CC1. The molecule has 0 N–H and O–H groups in total. The van der Waals surface area contributed by atoms with Gasteiger partial charge in [-0.25, -0.2) is 0 Å². The van der Waals surface area contributed by atoms with E-state index in [0.717, 1.165) is 72.4 Å². The lowest BCUT2D eigenvalue weighted by Gasteiger charge is -2.38. The molecule has 0 amide bonds. The Kier molecular flexibility index (Phi) is 6.90. The van der Waals surface area contributed by atoms with Gasteiger partial charge in [0.1, 0.15) is 0 Å². The largest absolute Gasteiger partial charge is 0.454 e. The molecule has 194 valence electrons. The highest BCUT2D eigenvalue weighted by Crippen LogP contribution is 2.38. The number of benzene rings is 3. The first-order valence-electron chi connectivity index (χ1n) is 13.1. The van der Waals surface area contributed by atoms with E-state index in [-0.39, 0.29) is 12.8 Å². The Hall–Kier alpha value is -4.01. The molecule has 0 saturated carbocycles. The average Bonchev–Trinajstić information content (AvgIpc) is 3.60. The molecule has 1 aromatic heterocycles. The molecule has 0 aliphatic carbocycles. The predicted octanol–water partition coefficient (Wildman–Crippen LogP) is 4.43. The number of aryl methyl sites for hydroxylation is 2. The highest BCUT2D eigenvalue weighted by atomic mass is 16.7. The van der Waals surface area contributed by atoms with Crippen LogP contribution in [0.25, 0.3) is 11.8 Å². The Labute approximate surface area is 223 Å². The van der Waals surface area contributed by atoms with Crippen LogP contribution >= 0.6 is 0 Å². The van der Waals surface area contributed by atoms with Crippen molar-refractivity contribution < 1.29 is 9.47 Å². The van der Waals surface area contributed by atoms with Gasteiger partial charge in [0.25, 0.3) is 0 Å². The van der Waals surface area contributed by atoms with Crippen molar-refractivity contribution in [1.29, 1.82) is 0 Å². The number of para-hydroxylation sites is 1. The van der Waals surface area contributed by atoms with Gasteiger partial charge in [-0.2, -0.15) is 4.68 Å².